The summed E-state index contributed by atoms with van der Waals surface area (Å²) in [6.45, 7) is 0.331. The van der Waals surface area contributed by atoms with Gasteiger partial charge in [-0.05, 0) is 36.5 Å². The molecular weight excluding hydrogens is 283 g/mol. The van der Waals surface area contributed by atoms with E-state index in [1.807, 2.05) is 0 Å². The maximum Gasteiger partial charge on any atom is 0.255 e. The number of rotatable bonds is 5. The molecule has 1 aromatic carbocycles. The standard InChI is InChI=1S/C17H19FN2O2/c1-20(10-16(21)12-2-3-12)17(22)15-9-19-8-14(15)11-4-6-13(18)7-5-11/h4-9,12,16,19,21H,2-3,10H2,1H3. The van der Waals surface area contributed by atoms with E-state index in [-0.39, 0.29) is 11.7 Å². The second kappa shape index (κ2) is 5.93. The molecule has 5 heteroatoms. The van der Waals surface area contributed by atoms with Gasteiger partial charge in [-0.25, -0.2) is 4.39 Å². The minimum Gasteiger partial charge on any atom is -0.391 e. The average Bonchev–Trinajstić information content (AvgIpc) is 3.25. The molecule has 1 saturated carbocycles. The van der Waals surface area contributed by atoms with Crippen molar-refractivity contribution >= 4 is 5.91 Å². The van der Waals surface area contributed by atoms with Gasteiger partial charge in [0.05, 0.1) is 11.7 Å². The number of amides is 1. The molecule has 1 unspecified atom stereocenters. The summed E-state index contributed by atoms with van der Waals surface area (Å²) in [5, 5.41) is 9.98. The zero-order valence-electron chi connectivity index (χ0n) is 12.4. The lowest BCUT2D eigenvalue weighted by atomic mass is 10.0. The Kier molecular flexibility index (Phi) is 3.98. The summed E-state index contributed by atoms with van der Waals surface area (Å²) in [5.74, 6) is -0.129. The number of aromatic amines is 1. The molecule has 1 heterocycles. The van der Waals surface area contributed by atoms with Crippen LogP contribution in [0.2, 0.25) is 0 Å². The van der Waals surface area contributed by atoms with Gasteiger partial charge < -0.3 is 15.0 Å². The van der Waals surface area contributed by atoms with Gasteiger partial charge in [0.1, 0.15) is 5.82 Å². The van der Waals surface area contributed by atoms with Crippen LogP contribution < -0.4 is 0 Å². The Bertz CT molecular complexity index is 662. The number of likely N-dealkylation sites (N-methyl/N-ethyl adjacent to an activating group) is 1. The first-order valence-corrected chi connectivity index (χ1v) is 7.42. The molecule has 0 aliphatic heterocycles. The Balaban J connectivity index is 1.78. The largest absolute Gasteiger partial charge is 0.391 e. The predicted molar refractivity (Wildman–Crippen MR) is 81.9 cm³/mol. The minimum absolute atomic E-state index is 0.153. The van der Waals surface area contributed by atoms with Crippen molar-refractivity contribution in [3.05, 3.63) is 48.0 Å². The van der Waals surface area contributed by atoms with Crippen molar-refractivity contribution in [3.8, 4) is 11.1 Å². The zero-order valence-corrected chi connectivity index (χ0v) is 12.4. The highest BCUT2D eigenvalue weighted by atomic mass is 19.1. The molecule has 0 radical (unpaired) electrons. The summed E-state index contributed by atoms with van der Waals surface area (Å²) in [7, 11) is 1.69. The fourth-order valence-corrected chi connectivity index (χ4v) is 2.61. The van der Waals surface area contributed by atoms with E-state index >= 15 is 0 Å². The Morgan fingerprint density at radius 2 is 2.05 bits per heavy atom. The molecule has 1 amide bonds. The molecule has 2 aromatic rings. The second-order valence-electron chi connectivity index (χ2n) is 5.88. The summed E-state index contributed by atoms with van der Waals surface area (Å²) in [6.07, 6.45) is 4.98. The highest BCUT2D eigenvalue weighted by Gasteiger charge is 2.31. The number of nitrogens with one attached hydrogen (secondary N) is 1. The highest BCUT2D eigenvalue weighted by molar-refractivity contribution is 6.00. The summed E-state index contributed by atoms with van der Waals surface area (Å²) in [6, 6.07) is 6.04. The molecule has 1 aromatic heterocycles. The van der Waals surface area contributed by atoms with Crippen LogP contribution in [0.1, 0.15) is 23.2 Å². The molecule has 4 nitrogen and oxygen atoms in total. The molecule has 3 rings (SSSR count). The van der Waals surface area contributed by atoms with Gasteiger partial charge in [-0.3, -0.25) is 4.79 Å². The first-order chi connectivity index (χ1) is 10.6. The van der Waals surface area contributed by atoms with Gasteiger partial charge in [0, 0.05) is 31.5 Å². The summed E-state index contributed by atoms with van der Waals surface area (Å²) in [5.41, 5.74) is 2.04. The van der Waals surface area contributed by atoms with Crippen LogP contribution in [0.4, 0.5) is 4.39 Å². The SMILES string of the molecule is CN(CC(O)C1CC1)C(=O)c1c[nH]cc1-c1ccc(F)cc1. The van der Waals surface area contributed by atoms with Crippen LogP contribution in [-0.2, 0) is 0 Å². The number of H-pyrrole nitrogens is 1. The summed E-state index contributed by atoms with van der Waals surface area (Å²) < 4.78 is 13.0. The van der Waals surface area contributed by atoms with Crippen molar-refractivity contribution in [3.63, 3.8) is 0 Å². The fraction of sp³-hybridized carbons (Fsp3) is 0.353. The lowest BCUT2D eigenvalue weighted by Gasteiger charge is -2.21. The summed E-state index contributed by atoms with van der Waals surface area (Å²) in [4.78, 5) is 17.0. The molecule has 0 spiro atoms. The van der Waals surface area contributed by atoms with Crippen LogP contribution in [0.5, 0.6) is 0 Å². The number of carbonyl (C=O) groups excluding carboxylic acids is 1. The number of hydrogen-bond acceptors (Lipinski definition) is 2. The molecule has 1 aliphatic rings. The number of hydrogen-bond donors (Lipinski definition) is 2. The lowest BCUT2D eigenvalue weighted by molar-refractivity contribution is 0.0646. The third kappa shape index (κ3) is 3.04. The number of carbonyl (C=O) groups is 1. The van der Waals surface area contributed by atoms with Crippen LogP contribution in [0, 0.1) is 11.7 Å². The van der Waals surface area contributed by atoms with Crippen LogP contribution >= 0.6 is 0 Å². The second-order valence-corrected chi connectivity index (χ2v) is 5.88. The minimum atomic E-state index is -0.456. The number of benzene rings is 1. The van der Waals surface area contributed by atoms with Crippen molar-refractivity contribution in [1.82, 2.24) is 9.88 Å². The summed E-state index contributed by atoms with van der Waals surface area (Å²) >= 11 is 0. The van der Waals surface area contributed by atoms with Crippen molar-refractivity contribution < 1.29 is 14.3 Å². The van der Waals surface area contributed by atoms with Crippen LogP contribution in [-0.4, -0.2) is 40.6 Å². The molecule has 1 aliphatic carbocycles. The first-order valence-electron chi connectivity index (χ1n) is 7.42. The van der Waals surface area contributed by atoms with Gasteiger partial charge in [-0.1, -0.05) is 12.1 Å². The van der Waals surface area contributed by atoms with E-state index < -0.39 is 6.10 Å². The van der Waals surface area contributed by atoms with Crippen LogP contribution in [0.25, 0.3) is 11.1 Å². The van der Waals surface area contributed by atoms with Crippen molar-refractivity contribution in [2.45, 2.75) is 18.9 Å². The maximum absolute atomic E-state index is 13.0. The lowest BCUT2D eigenvalue weighted by Crippen LogP contribution is -2.35. The monoisotopic (exact) mass is 302 g/mol. The van der Waals surface area contributed by atoms with E-state index in [9.17, 15) is 14.3 Å². The van der Waals surface area contributed by atoms with Gasteiger partial charge in [0.2, 0.25) is 0 Å². The Hall–Kier alpha value is -2.14. The molecular formula is C17H19FN2O2. The molecule has 2 N–H and O–H groups in total. The third-order valence-corrected chi connectivity index (χ3v) is 4.10. The van der Waals surface area contributed by atoms with Gasteiger partial charge in [0.15, 0.2) is 0 Å². The molecule has 0 saturated heterocycles. The first kappa shape index (κ1) is 14.8. The Morgan fingerprint density at radius 1 is 1.36 bits per heavy atom. The smallest absolute Gasteiger partial charge is 0.255 e. The maximum atomic E-state index is 13.0. The Labute approximate surface area is 128 Å². The molecule has 22 heavy (non-hydrogen) atoms. The number of aliphatic hydroxyl groups excluding tert-OH is 1. The quantitative estimate of drug-likeness (QED) is 0.892. The van der Waals surface area contributed by atoms with Crippen molar-refractivity contribution in [2.24, 2.45) is 5.92 Å². The molecule has 1 atom stereocenters. The molecule has 116 valence electrons. The number of nitrogens with zero attached hydrogens (tertiary/aromatic N) is 1. The average molecular weight is 302 g/mol. The number of aromatic nitrogens is 1. The fourth-order valence-electron chi connectivity index (χ4n) is 2.61. The van der Waals surface area contributed by atoms with Crippen molar-refractivity contribution in [1.29, 1.82) is 0 Å². The van der Waals surface area contributed by atoms with E-state index in [2.05, 4.69) is 4.98 Å². The van der Waals surface area contributed by atoms with Gasteiger partial charge >= 0.3 is 0 Å². The van der Waals surface area contributed by atoms with Gasteiger partial charge in [-0.15, -0.1) is 0 Å². The topological polar surface area (TPSA) is 56.3 Å². The predicted octanol–water partition coefficient (Wildman–Crippen LogP) is 2.66. The Morgan fingerprint density at radius 3 is 2.68 bits per heavy atom. The van der Waals surface area contributed by atoms with E-state index in [0.29, 0.717) is 18.0 Å². The number of aliphatic hydroxyl groups is 1. The highest BCUT2D eigenvalue weighted by Crippen LogP contribution is 2.33. The van der Waals surface area contributed by atoms with Crippen LogP contribution in [0.3, 0.4) is 0 Å². The van der Waals surface area contributed by atoms with Crippen LogP contribution in [0.15, 0.2) is 36.7 Å². The van der Waals surface area contributed by atoms with Crippen molar-refractivity contribution in [2.75, 3.05) is 13.6 Å². The molecule has 1 fully saturated rings. The normalized spacial score (nSPS) is 15.6. The third-order valence-electron chi connectivity index (χ3n) is 4.10. The van der Waals surface area contributed by atoms with E-state index in [4.69, 9.17) is 0 Å². The molecule has 0 bridgehead atoms. The van der Waals surface area contributed by atoms with Gasteiger partial charge in [0.25, 0.3) is 5.91 Å². The van der Waals surface area contributed by atoms with E-state index in [1.165, 1.54) is 12.1 Å². The van der Waals surface area contributed by atoms with E-state index in [1.54, 1.807) is 36.5 Å². The zero-order chi connectivity index (χ0) is 15.7. The van der Waals surface area contributed by atoms with E-state index in [0.717, 1.165) is 24.0 Å². The van der Waals surface area contributed by atoms with Gasteiger partial charge in [-0.2, -0.15) is 0 Å². The number of halogens is 1.